The van der Waals surface area contributed by atoms with Gasteiger partial charge in [0.1, 0.15) is 11.2 Å². The van der Waals surface area contributed by atoms with Crippen molar-refractivity contribution in [1.29, 1.82) is 0 Å². The minimum absolute atomic E-state index is 0.123. The fraction of sp³-hybridized carbons (Fsp3) is 0.538. The lowest BCUT2D eigenvalue weighted by atomic mass is 9.92. The Kier molecular flexibility index (Phi) is 3.45. The van der Waals surface area contributed by atoms with Crippen LogP contribution in [0.1, 0.15) is 42.3 Å². The maximum Gasteiger partial charge on any atom is 0.127 e. The van der Waals surface area contributed by atoms with Gasteiger partial charge in [0, 0.05) is 22.2 Å². The van der Waals surface area contributed by atoms with Crippen molar-refractivity contribution < 1.29 is 0 Å². The Balaban J connectivity index is 2.68. The number of aryl methyl sites for hydroxylation is 2. The molecule has 4 heteroatoms. The van der Waals surface area contributed by atoms with Crippen molar-refractivity contribution >= 4 is 21.6 Å². The smallest absolute Gasteiger partial charge is 0.127 e. The van der Waals surface area contributed by atoms with Crippen molar-refractivity contribution in [2.45, 2.75) is 46.1 Å². The molecule has 0 saturated carbocycles. The second-order valence-corrected chi connectivity index (χ2v) is 5.80. The highest BCUT2D eigenvalue weighted by Crippen LogP contribution is 2.34. The molecule has 2 unspecified atom stereocenters. The maximum absolute atomic E-state index is 6.07. The third kappa shape index (κ3) is 2.07. The van der Waals surface area contributed by atoms with E-state index in [1.165, 1.54) is 15.8 Å². The van der Waals surface area contributed by atoms with E-state index in [4.69, 9.17) is 5.73 Å². The number of fused-ring (bicyclic) bond motifs is 1. The Morgan fingerprint density at radius 2 is 2.06 bits per heavy atom. The van der Waals surface area contributed by atoms with Gasteiger partial charge in [-0.1, -0.05) is 6.92 Å². The van der Waals surface area contributed by atoms with Crippen LogP contribution in [0.15, 0.2) is 6.33 Å². The van der Waals surface area contributed by atoms with Gasteiger partial charge in [0.05, 0.1) is 5.69 Å². The summed E-state index contributed by atoms with van der Waals surface area (Å²) < 4.78 is 0. The summed E-state index contributed by atoms with van der Waals surface area (Å²) >= 11 is 1.74. The number of rotatable bonds is 3. The molecule has 17 heavy (non-hydrogen) atoms. The standard InChI is InChI=1S/C13H19N3S/c1-5-10(8(3)14)12-11-7(2)9(4)17-13(11)16-6-15-12/h6,8,10H,5,14H2,1-4H3. The average Bonchev–Trinajstić information content (AvgIpc) is 2.56. The summed E-state index contributed by atoms with van der Waals surface area (Å²) in [5.41, 5.74) is 8.50. The highest BCUT2D eigenvalue weighted by atomic mass is 32.1. The van der Waals surface area contributed by atoms with Gasteiger partial charge in [-0.15, -0.1) is 11.3 Å². The summed E-state index contributed by atoms with van der Waals surface area (Å²) in [5.74, 6) is 0.313. The zero-order valence-electron chi connectivity index (χ0n) is 10.8. The van der Waals surface area contributed by atoms with Crippen molar-refractivity contribution in [3.05, 3.63) is 22.5 Å². The first-order valence-corrected chi connectivity index (χ1v) is 6.84. The molecule has 0 saturated heterocycles. The van der Waals surface area contributed by atoms with E-state index in [0.29, 0.717) is 5.92 Å². The van der Waals surface area contributed by atoms with Crippen molar-refractivity contribution in [3.63, 3.8) is 0 Å². The molecule has 2 aromatic rings. The first-order chi connectivity index (χ1) is 8.06. The normalized spacial score (nSPS) is 15.1. The third-order valence-electron chi connectivity index (χ3n) is 3.42. The number of nitrogens with zero attached hydrogens (tertiary/aromatic N) is 2. The largest absolute Gasteiger partial charge is 0.327 e. The topological polar surface area (TPSA) is 51.8 Å². The molecular formula is C13H19N3S. The summed E-state index contributed by atoms with van der Waals surface area (Å²) in [6.45, 7) is 8.50. The molecule has 92 valence electrons. The van der Waals surface area contributed by atoms with Gasteiger partial charge in [0.2, 0.25) is 0 Å². The molecule has 2 aromatic heterocycles. The van der Waals surface area contributed by atoms with Crippen molar-refractivity contribution in [2.24, 2.45) is 5.73 Å². The summed E-state index contributed by atoms with van der Waals surface area (Å²) in [6, 6.07) is 0.123. The SMILES string of the molecule is CCC(c1ncnc2sc(C)c(C)c12)C(C)N. The number of hydrogen-bond acceptors (Lipinski definition) is 4. The fourth-order valence-electron chi connectivity index (χ4n) is 2.30. The van der Waals surface area contributed by atoms with Crippen molar-refractivity contribution in [2.75, 3.05) is 0 Å². The van der Waals surface area contributed by atoms with Crippen LogP contribution in [0, 0.1) is 13.8 Å². The second kappa shape index (κ2) is 4.70. The fourth-order valence-corrected chi connectivity index (χ4v) is 3.31. The summed E-state index contributed by atoms with van der Waals surface area (Å²) in [6.07, 6.45) is 2.68. The van der Waals surface area contributed by atoms with Gasteiger partial charge >= 0.3 is 0 Å². The molecule has 2 N–H and O–H groups in total. The Labute approximate surface area is 106 Å². The van der Waals surface area contributed by atoms with Crippen LogP contribution in [0.2, 0.25) is 0 Å². The average molecular weight is 249 g/mol. The van der Waals surface area contributed by atoms with Crippen molar-refractivity contribution in [1.82, 2.24) is 9.97 Å². The molecule has 3 nitrogen and oxygen atoms in total. The van der Waals surface area contributed by atoms with Gasteiger partial charge < -0.3 is 5.73 Å². The molecule has 0 aromatic carbocycles. The van der Waals surface area contributed by atoms with E-state index in [1.807, 2.05) is 0 Å². The minimum atomic E-state index is 0.123. The number of hydrogen-bond donors (Lipinski definition) is 1. The predicted octanol–water partition coefficient (Wildman–Crippen LogP) is 3.15. The Morgan fingerprint density at radius 3 is 2.65 bits per heavy atom. The zero-order chi connectivity index (χ0) is 12.6. The summed E-state index contributed by atoms with van der Waals surface area (Å²) in [4.78, 5) is 11.3. The van der Waals surface area contributed by atoms with E-state index in [9.17, 15) is 0 Å². The number of nitrogens with two attached hydrogens (primary N) is 1. The monoisotopic (exact) mass is 249 g/mol. The summed E-state index contributed by atoms with van der Waals surface area (Å²) in [5, 5.41) is 1.22. The van der Waals surface area contributed by atoms with Gasteiger partial charge in [-0.25, -0.2) is 9.97 Å². The molecule has 0 fully saturated rings. The molecule has 0 aliphatic carbocycles. The zero-order valence-corrected chi connectivity index (χ0v) is 11.6. The van der Waals surface area contributed by atoms with Crippen LogP contribution in [0.4, 0.5) is 0 Å². The van der Waals surface area contributed by atoms with E-state index in [-0.39, 0.29) is 6.04 Å². The van der Waals surface area contributed by atoms with Gasteiger partial charge in [-0.3, -0.25) is 0 Å². The lowest BCUT2D eigenvalue weighted by Crippen LogP contribution is -2.25. The van der Waals surface area contributed by atoms with Crippen LogP contribution in [-0.4, -0.2) is 16.0 Å². The first kappa shape index (κ1) is 12.5. The predicted molar refractivity (Wildman–Crippen MR) is 73.6 cm³/mol. The van der Waals surface area contributed by atoms with Crippen LogP contribution in [0.25, 0.3) is 10.2 Å². The van der Waals surface area contributed by atoms with Gasteiger partial charge in [-0.05, 0) is 32.8 Å². The van der Waals surface area contributed by atoms with Gasteiger partial charge in [-0.2, -0.15) is 0 Å². The van der Waals surface area contributed by atoms with Crippen LogP contribution in [-0.2, 0) is 0 Å². The Morgan fingerprint density at radius 1 is 1.35 bits per heavy atom. The van der Waals surface area contributed by atoms with Crippen LogP contribution < -0.4 is 5.73 Å². The van der Waals surface area contributed by atoms with Crippen molar-refractivity contribution in [3.8, 4) is 0 Å². The second-order valence-electron chi connectivity index (χ2n) is 4.60. The van der Waals surface area contributed by atoms with Gasteiger partial charge in [0.25, 0.3) is 0 Å². The number of thiophene rings is 1. The quantitative estimate of drug-likeness (QED) is 0.909. The maximum atomic E-state index is 6.07. The molecule has 0 radical (unpaired) electrons. The molecule has 0 spiro atoms. The van der Waals surface area contributed by atoms with E-state index in [2.05, 4.69) is 37.7 Å². The van der Waals surface area contributed by atoms with Gasteiger partial charge in [0.15, 0.2) is 0 Å². The van der Waals surface area contributed by atoms with Crippen LogP contribution in [0.5, 0.6) is 0 Å². The molecule has 0 aliphatic rings. The first-order valence-electron chi connectivity index (χ1n) is 6.02. The number of aromatic nitrogens is 2. The van der Waals surface area contributed by atoms with E-state index >= 15 is 0 Å². The van der Waals surface area contributed by atoms with Crippen LogP contribution in [0.3, 0.4) is 0 Å². The van der Waals surface area contributed by atoms with E-state index < -0.39 is 0 Å². The molecule has 0 amide bonds. The molecule has 0 aliphatic heterocycles. The minimum Gasteiger partial charge on any atom is -0.327 e. The van der Waals surface area contributed by atoms with Crippen LogP contribution >= 0.6 is 11.3 Å². The van der Waals surface area contributed by atoms with E-state index in [1.54, 1.807) is 17.7 Å². The lowest BCUT2D eigenvalue weighted by Gasteiger charge is -2.19. The molecular weight excluding hydrogens is 230 g/mol. The highest BCUT2D eigenvalue weighted by molar-refractivity contribution is 7.18. The third-order valence-corrected chi connectivity index (χ3v) is 4.54. The highest BCUT2D eigenvalue weighted by Gasteiger charge is 2.21. The Bertz CT molecular complexity index is 531. The Hall–Kier alpha value is -1.00. The molecule has 2 heterocycles. The summed E-state index contributed by atoms with van der Waals surface area (Å²) in [7, 11) is 0. The lowest BCUT2D eigenvalue weighted by molar-refractivity contribution is 0.543. The molecule has 2 atom stereocenters. The molecule has 0 bridgehead atoms. The molecule has 2 rings (SSSR count). The van der Waals surface area contributed by atoms with E-state index in [0.717, 1.165) is 16.9 Å².